The third-order valence-corrected chi connectivity index (χ3v) is 5.88. The average Bonchev–Trinajstić information content (AvgIpc) is 2.83. The van der Waals surface area contributed by atoms with Crippen molar-refractivity contribution in [2.45, 2.75) is 57.3 Å². The van der Waals surface area contributed by atoms with Gasteiger partial charge in [0.1, 0.15) is 5.82 Å². The molecule has 0 radical (unpaired) electrons. The number of piperidine rings is 1. The molecule has 4 rings (SSSR count). The summed E-state index contributed by atoms with van der Waals surface area (Å²) in [4.78, 5) is 27.8. The van der Waals surface area contributed by atoms with Crippen molar-refractivity contribution in [3.8, 4) is 0 Å². The molecule has 0 spiro atoms. The maximum Gasteiger partial charge on any atom is 0.276 e. The summed E-state index contributed by atoms with van der Waals surface area (Å²) >= 11 is 0. The quantitative estimate of drug-likeness (QED) is 0.867. The van der Waals surface area contributed by atoms with Crippen LogP contribution in [0.4, 0.5) is 4.39 Å². The number of fused-ring (bicyclic) bond motifs is 3. The van der Waals surface area contributed by atoms with Crippen molar-refractivity contribution >= 4 is 29.2 Å². The molecule has 27 heavy (non-hydrogen) atoms. The van der Waals surface area contributed by atoms with Crippen LogP contribution in [0.15, 0.2) is 23.0 Å². The average molecular weight is 395 g/mol. The summed E-state index contributed by atoms with van der Waals surface area (Å²) in [7, 11) is 2.13. The molecule has 6 nitrogen and oxygen atoms in total. The first-order valence-electron chi connectivity index (χ1n) is 9.21. The van der Waals surface area contributed by atoms with Gasteiger partial charge in [0.05, 0.1) is 10.9 Å². The Morgan fingerprint density at radius 3 is 2.59 bits per heavy atom. The van der Waals surface area contributed by atoms with Crippen molar-refractivity contribution in [3.05, 3.63) is 39.9 Å². The Bertz CT molecular complexity index is 918. The van der Waals surface area contributed by atoms with Crippen LogP contribution in [0, 0.1) is 5.82 Å². The van der Waals surface area contributed by atoms with Crippen LogP contribution in [0.25, 0.3) is 10.9 Å². The Morgan fingerprint density at radius 2 is 1.96 bits per heavy atom. The second-order valence-corrected chi connectivity index (χ2v) is 7.32. The first-order chi connectivity index (χ1) is 12.5. The summed E-state index contributed by atoms with van der Waals surface area (Å²) in [6.07, 6.45) is 4.05. The van der Waals surface area contributed by atoms with Gasteiger partial charge in [0, 0.05) is 24.7 Å². The van der Waals surface area contributed by atoms with Gasteiger partial charge in [-0.1, -0.05) is 6.07 Å². The lowest BCUT2D eigenvalue weighted by molar-refractivity contribution is 0.0874. The predicted molar refractivity (Wildman–Crippen MR) is 104 cm³/mol. The Balaban J connectivity index is 0.00000210. The Labute approximate surface area is 163 Å². The number of carbonyl (C=O) groups excluding carboxylic acids is 1. The van der Waals surface area contributed by atoms with E-state index in [2.05, 4.69) is 22.4 Å². The van der Waals surface area contributed by atoms with Crippen LogP contribution in [0.1, 0.15) is 43.1 Å². The van der Waals surface area contributed by atoms with Crippen LogP contribution in [0.3, 0.4) is 0 Å². The lowest BCUT2D eigenvalue weighted by Gasteiger charge is -2.36. The second-order valence-electron chi connectivity index (χ2n) is 7.32. The summed E-state index contributed by atoms with van der Waals surface area (Å²) in [5, 5.41) is 7.11. The van der Waals surface area contributed by atoms with Gasteiger partial charge in [0.2, 0.25) is 5.43 Å². The number of nitrogens with one attached hydrogen (secondary N) is 1. The van der Waals surface area contributed by atoms with Crippen LogP contribution in [0.5, 0.6) is 0 Å². The van der Waals surface area contributed by atoms with E-state index in [9.17, 15) is 14.0 Å². The standard InChI is InChI=1S/C19H23FN4O2.ClH/c1-3-24-15-6-4-5-14(20)16(15)18(25)17(22-24)19(26)21-11-9-12-7-8-13(10-11)23(12)2;/h4-6,11-13H,3,7-10H2,1-2H3,(H,21,26);1H. The molecule has 3 heterocycles. The highest BCUT2D eigenvalue weighted by molar-refractivity contribution is 5.95. The topological polar surface area (TPSA) is 67.2 Å². The summed E-state index contributed by atoms with van der Waals surface area (Å²) < 4.78 is 15.7. The van der Waals surface area contributed by atoms with E-state index in [1.807, 2.05) is 6.92 Å². The molecule has 1 aromatic heterocycles. The van der Waals surface area contributed by atoms with Crippen LogP contribution >= 0.6 is 12.4 Å². The normalized spacial score (nSPS) is 24.6. The number of aryl methyl sites for hydroxylation is 1. The summed E-state index contributed by atoms with van der Waals surface area (Å²) in [5.74, 6) is -1.13. The third-order valence-electron chi connectivity index (χ3n) is 5.88. The van der Waals surface area contributed by atoms with Crippen LogP contribution in [0.2, 0.25) is 0 Å². The Morgan fingerprint density at radius 1 is 1.30 bits per heavy atom. The fourth-order valence-corrected chi connectivity index (χ4v) is 4.46. The molecule has 0 saturated carbocycles. The molecule has 1 N–H and O–H groups in total. The van der Waals surface area contributed by atoms with Gasteiger partial charge in [0.25, 0.3) is 5.91 Å². The molecule has 8 heteroatoms. The fraction of sp³-hybridized carbons (Fsp3) is 0.526. The van der Waals surface area contributed by atoms with Gasteiger partial charge in [-0.2, -0.15) is 5.10 Å². The minimum Gasteiger partial charge on any atom is -0.348 e. The molecule has 2 saturated heterocycles. The van der Waals surface area contributed by atoms with E-state index < -0.39 is 17.2 Å². The second kappa shape index (κ2) is 7.56. The maximum atomic E-state index is 14.2. The molecule has 1 aromatic carbocycles. The van der Waals surface area contributed by atoms with Crippen LogP contribution < -0.4 is 10.7 Å². The molecule has 146 valence electrons. The number of hydrogen-bond acceptors (Lipinski definition) is 4. The van der Waals surface area contributed by atoms with Crippen molar-refractivity contribution in [2.75, 3.05) is 7.05 Å². The van der Waals surface area contributed by atoms with E-state index in [0.717, 1.165) is 25.7 Å². The number of aromatic nitrogens is 2. The zero-order chi connectivity index (χ0) is 18.4. The molecule has 1 amide bonds. The minimum atomic E-state index is -0.642. The van der Waals surface area contributed by atoms with Crippen molar-refractivity contribution in [3.63, 3.8) is 0 Å². The number of nitrogens with zero attached hydrogens (tertiary/aromatic N) is 3. The largest absolute Gasteiger partial charge is 0.348 e. The van der Waals surface area contributed by atoms with Crippen LogP contribution in [-0.4, -0.2) is 45.8 Å². The molecular formula is C19H24ClFN4O2. The van der Waals surface area contributed by atoms with Gasteiger partial charge in [0.15, 0.2) is 5.69 Å². The Kier molecular flexibility index (Phi) is 5.53. The third kappa shape index (κ3) is 3.34. The Hall–Kier alpha value is -1.99. The van der Waals surface area contributed by atoms with E-state index in [1.165, 1.54) is 10.7 Å². The number of benzene rings is 1. The van der Waals surface area contributed by atoms with E-state index in [0.29, 0.717) is 24.1 Å². The fourth-order valence-electron chi connectivity index (χ4n) is 4.46. The number of amides is 1. The van der Waals surface area contributed by atoms with Gasteiger partial charge in [-0.3, -0.25) is 14.3 Å². The molecule has 2 unspecified atom stereocenters. The molecule has 0 aliphatic carbocycles. The van der Waals surface area contributed by atoms with Gasteiger partial charge in [-0.05, 0) is 51.8 Å². The zero-order valence-corrected chi connectivity index (χ0v) is 16.3. The highest BCUT2D eigenvalue weighted by Gasteiger charge is 2.39. The summed E-state index contributed by atoms with van der Waals surface area (Å²) in [5.41, 5.74) is -0.460. The molecule has 2 aliphatic heterocycles. The van der Waals surface area contributed by atoms with E-state index >= 15 is 0 Å². The highest BCUT2D eigenvalue weighted by Crippen LogP contribution is 2.34. The molecule has 2 aliphatic rings. The van der Waals surface area contributed by atoms with Gasteiger partial charge in [-0.25, -0.2) is 4.39 Å². The van der Waals surface area contributed by atoms with Crippen LogP contribution in [-0.2, 0) is 6.54 Å². The van der Waals surface area contributed by atoms with Gasteiger partial charge in [-0.15, -0.1) is 12.4 Å². The van der Waals surface area contributed by atoms with E-state index in [1.54, 1.807) is 12.1 Å². The molecule has 2 atom stereocenters. The number of halogens is 2. The smallest absolute Gasteiger partial charge is 0.276 e. The summed E-state index contributed by atoms with van der Waals surface area (Å²) in [6, 6.07) is 5.41. The molecular weight excluding hydrogens is 371 g/mol. The lowest BCUT2D eigenvalue weighted by atomic mass is 9.98. The highest BCUT2D eigenvalue weighted by atomic mass is 35.5. The summed E-state index contributed by atoms with van der Waals surface area (Å²) in [6.45, 7) is 2.29. The first-order valence-corrected chi connectivity index (χ1v) is 9.21. The van der Waals surface area contributed by atoms with Gasteiger partial charge < -0.3 is 10.2 Å². The van der Waals surface area contributed by atoms with Gasteiger partial charge >= 0.3 is 0 Å². The van der Waals surface area contributed by atoms with Crippen molar-refractivity contribution in [1.29, 1.82) is 0 Å². The molecule has 2 aromatic rings. The van der Waals surface area contributed by atoms with Crippen molar-refractivity contribution in [1.82, 2.24) is 20.0 Å². The minimum absolute atomic E-state index is 0. The van der Waals surface area contributed by atoms with Crippen molar-refractivity contribution < 1.29 is 9.18 Å². The first kappa shape index (κ1) is 19.8. The zero-order valence-electron chi connectivity index (χ0n) is 15.4. The number of rotatable bonds is 3. The molecule has 2 bridgehead atoms. The van der Waals surface area contributed by atoms with Crippen molar-refractivity contribution in [2.24, 2.45) is 0 Å². The number of hydrogen-bond donors (Lipinski definition) is 1. The lowest BCUT2D eigenvalue weighted by Crippen LogP contribution is -2.49. The van der Waals surface area contributed by atoms with E-state index in [4.69, 9.17) is 0 Å². The number of carbonyl (C=O) groups is 1. The SMILES string of the molecule is CCn1nc(C(=O)NC2CC3CCC(C2)N3C)c(=O)c2c(F)cccc21.Cl. The molecule has 2 fully saturated rings. The van der Waals surface area contributed by atoms with E-state index in [-0.39, 0.29) is 29.5 Å². The monoisotopic (exact) mass is 394 g/mol. The predicted octanol–water partition coefficient (Wildman–Crippen LogP) is 2.33. The maximum absolute atomic E-state index is 14.2.